The molecule has 20 heavy (non-hydrogen) atoms. The lowest BCUT2D eigenvalue weighted by atomic mass is 9.99. The summed E-state index contributed by atoms with van der Waals surface area (Å²) >= 11 is 2.94. The first-order valence-corrected chi connectivity index (χ1v) is 8.58. The highest BCUT2D eigenvalue weighted by atomic mass is 32.2. The van der Waals surface area contributed by atoms with Gasteiger partial charge in [-0.3, -0.25) is 4.79 Å². The number of carbonyl (C=O) groups is 1. The average Bonchev–Trinajstić information content (AvgIpc) is 2.91. The molecular weight excluding hydrogens is 292 g/mol. The number of carbonyl (C=O) groups excluding carboxylic acids is 1. The minimum absolute atomic E-state index is 0.206. The molecule has 0 bridgehead atoms. The first-order chi connectivity index (χ1) is 9.69. The molecule has 110 valence electrons. The van der Waals surface area contributed by atoms with Crippen molar-refractivity contribution < 1.29 is 4.79 Å². The third kappa shape index (κ3) is 4.49. The van der Waals surface area contributed by atoms with Gasteiger partial charge in [0.25, 0.3) is 0 Å². The first-order valence-electron chi connectivity index (χ1n) is 6.78. The summed E-state index contributed by atoms with van der Waals surface area (Å²) in [6.07, 6.45) is 4.00. The smallest absolute Gasteiger partial charge is 0.233 e. The van der Waals surface area contributed by atoms with Crippen molar-refractivity contribution >= 4 is 34.1 Å². The Balaban J connectivity index is 1.75. The van der Waals surface area contributed by atoms with E-state index in [0.717, 1.165) is 41.3 Å². The summed E-state index contributed by atoms with van der Waals surface area (Å²) in [5, 5.41) is 11.9. The molecular formula is C13H20N4OS2. The SMILES string of the molecule is C=CCNc1nnc(SCC(=O)N2CCC(C)CC2)s1. The fourth-order valence-corrected chi connectivity index (χ4v) is 3.63. The second-order valence-corrected chi connectivity index (χ2v) is 7.09. The van der Waals surface area contributed by atoms with E-state index in [1.54, 1.807) is 6.08 Å². The van der Waals surface area contributed by atoms with Crippen molar-refractivity contribution in [2.45, 2.75) is 24.1 Å². The fraction of sp³-hybridized carbons (Fsp3) is 0.615. The summed E-state index contributed by atoms with van der Waals surface area (Å²) in [6, 6.07) is 0. The molecule has 1 aromatic heterocycles. The highest BCUT2D eigenvalue weighted by Crippen LogP contribution is 2.26. The van der Waals surface area contributed by atoms with E-state index in [-0.39, 0.29) is 5.91 Å². The molecule has 1 aliphatic rings. The first kappa shape index (κ1) is 15.3. The number of hydrogen-bond acceptors (Lipinski definition) is 6. The zero-order valence-corrected chi connectivity index (χ0v) is 13.3. The van der Waals surface area contributed by atoms with E-state index in [1.807, 2.05) is 4.90 Å². The standard InChI is InChI=1S/C13H20N4OS2/c1-3-6-14-12-15-16-13(20-12)19-9-11(18)17-7-4-10(2)5-8-17/h3,10H,1,4-9H2,2H3,(H,14,15). The molecule has 0 unspecified atom stereocenters. The summed E-state index contributed by atoms with van der Waals surface area (Å²) in [6.45, 7) is 8.34. The van der Waals surface area contributed by atoms with Gasteiger partial charge in [-0.25, -0.2) is 0 Å². The lowest BCUT2D eigenvalue weighted by Gasteiger charge is -2.30. The number of likely N-dealkylation sites (tertiary alicyclic amines) is 1. The monoisotopic (exact) mass is 312 g/mol. The number of nitrogens with one attached hydrogen (secondary N) is 1. The van der Waals surface area contributed by atoms with Gasteiger partial charge in [-0.15, -0.1) is 16.8 Å². The molecule has 0 spiro atoms. The van der Waals surface area contributed by atoms with Crippen LogP contribution in [0.15, 0.2) is 17.0 Å². The van der Waals surface area contributed by atoms with Crippen molar-refractivity contribution in [3.05, 3.63) is 12.7 Å². The quantitative estimate of drug-likeness (QED) is 0.646. The Morgan fingerprint density at radius 2 is 2.30 bits per heavy atom. The number of hydrogen-bond donors (Lipinski definition) is 1. The van der Waals surface area contributed by atoms with Gasteiger partial charge in [0.15, 0.2) is 4.34 Å². The maximum atomic E-state index is 12.1. The largest absolute Gasteiger partial charge is 0.357 e. The van der Waals surface area contributed by atoms with Crippen LogP contribution in [0.1, 0.15) is 19.8 Å². The molecule has 1 amide bonds. The molecule has 1 fully saturated rings. The van der Waals surface area contributed by atoms with Crippen LogP contribution < -0.4 is 5.32 Å². The van der Waals surface area contributed by atoms with Gasteiger partial charge < -0.3 is 10.2 Å². The van der Waals surface area contributed by atoms with Crippen molar-refractivity contribution in [1.82, 2.24) is 15.1 Å². The Bertz CT molecular complexity index is 455. The van der Waals surface area contributed by atoms with Crippen molar-refractivity contribution in [3.63, 3.8) is 0 Å². The van der Waals surface area contributed by atoms with E-state index in [1.165, 1.54) is 23.1 Å². The number of rotatable bonds is 6. The van der Waals surface area contributed by atoms with E-state index in [2.05, 4.69) is 29.0 Å². The molecule has 7 heteroatoms. The summed E-state index contributed by atoms with van der Waals surface area (Å²) in [5.41, 5.74) is 0. The van der Waals surface area contributed by atoms with Gasteiger partial charge in [0.05, 0.1) is 5.75 Å². The van der Waals surface area contributed by atoms with Gasteiger partial charge in [0.2, 0.25) is 11.0 Å². The summed E-state index contributed by atoms with van der Waals surface area (Å²) < 4.78 is 0.829. The summed E-state index contributed by atoms with van der Waals surface area (Å²) in [4.78, 5) is 14.1. The second-order valence-electron chi connectivity index (χ2n) is 4.89. The molecule has 0 radical (unpaired) electrons. The molecule has 5 nitrogen and oxygen atoms in total. The van der Waals surface area contributed by atoms with Crippen molar-refractivity contribution in [2.75, 3.05) is 30.7 Å². The van der Waals surface area contributed by atoms with E-state index in [4.69, 9.17) is 0 Å². The lowest BCUT2D eigenvalue weighted by molar-refractivity contribution is -0.129. The predicted octanol–water partition coefficient (Wildman–Crippen LogP) is 2.49. The van der Waals surface area contributed by atoms with Crippen LogP contribution in [0.3, 0.4) is 0 Å². The van der Waals surface area contributed by atoms with Crippen LogP contribution in [-0.2, 0) is 4.79 Å². The Labute approximate surface area is 127 Å². The molecule has 0 atom stereocenters. The zero-order chi connectivity index (χ0) is 14.4. The Kier molecular flexibility index (Phi) is 5.85. The molecule has 0 aromatic carbocycles. The third-order valence-electron chi connectivity index (χ3n) is 3.26. The molecule has 2 rings (SSSR count). The molecule has 1 aliphatic heterocycles. The van der Waals surface area contributed by atoms with Crippen LogP contribution >= 0.6 is 23.1 Å². The Morgan fingerprint density at radius 3 is 3.00 bits per heavy atom. The highest BCUT2D eigenvalue weighted by molar-refractivity contribution is 8.01. The molecule has 1 aromatic rings. The van der Waals surface area contributed by atoms with E-state index in [0.29, 0.717) is 12.3 Å². The topological polar surface area (TPSA) is 58.1 Å². The maximum absolute atomic E-state index is 12.1. The number of amides is 1. The minimum Gasteiger partial charge on any atom is -0.357 e. The number of nitrogens with zero attached hydrogens (tertiary/aromatic N) is 3. The third-order valence-corrected chi connectivity index (χ3v) is 5.26. The van der Waals surface area contributed by atoms with Crippen LogP contribution in [-0.4, -0.2) is 46.4 Å². The number of piperidine rings is 1. The predicted molar refractivity (Wildman–Crippen MR) is 84.3 cm³/mol. The van der Waals surface area contributed by atoms with Gasteiger partial charge in [-0.05, 0) is 18.8 Å². The molecule has 2 heterocycles. The van der Waals surface area contributed by atoms with Crippen LogP contribution in [0.2, 0.25) is 0 Å². The molecule has 1 saturated heterocycles. The van der Waals surface area contributed by atoms with Crippen LogP contribution in [0.5, 0.6) is 0 Å². The minimum atomic E-state index is 0.206. The number of aromatic nitrogens is 2. The van der Waals surface area contributed by atoms with Gasteiger partial charge in [0.1, 0.15) is 0 Å². The van der Waals surface area contributed by atoms with E-state index in [9.17, 15) is 4.79 Å². The van der Waals surface area contributed by atoms with Crippen molar-refractivity contribution in [2.24, 2.45) is 5.92 Å². The van der Waals surface area contributed by atoms with Gasteiger partial charge >= 0.3 is 0 Å². The molecule has 0 saturated carbocycles. The molecule has 1 N–H and O–H groups in total. The Morgan fingerprint density at radius 1 is 1.55 bits per heavy atom. The Hall–Kier alpha value is -1.08. The van der Waals surface area contributed by atoms with Crippen molar-refractivity contribution in [1.29, 1.82) is 0 Å². The van der Waals surface area contributed by atoms with Gasteiger partial charge in [-0.2, -0.15) is 0 Å². The van der Waals surface area contributed by atoms with Crippen LogP contribution in [0.4, 0.5) is 5.13 Å². The number of thioether (sulfide) groups is 1. The zero-order valence-electron chi connectivity index (χ0n) is 11.7. The van der Waals surface area contributed by atoms with Gasteiger partial charge in [0, 0.05) is 19.6 Å². The fourth-order valence-electron chi connectivity index (χ4n) is 1.97. The second kappa shape index (κ2) is 7.64. The molecule has 0 aliphatic carbocycles. The maximum Gasteiger partial charge on any atom is 0.233 e. The van der Waals surface area contributed by atoms with Crippen LogP contribution in [0.25, 0.3) is 0 Å². The van der Waals surface area contributed by atoms with E-state index < -0.39 is 0 Å². The summed E-state index contributed by atoms with van der Waals surface area (Å²) in [5.74, 6) is 1.40. The normalized spacial score (nSPS) is 16.1. The van der Waals surface area contributed by atoms with Crippen LogP contribution in [0, 0.1) is 5.92 Å². The highest BCUT2D eigenvalue weighted by Gasteiger charge is 2.20. The van der Waals surface area contributed by atoms with Crippen molar-refractivity contribution in [3.8, 4) is 0 Å². The van der Waals surface area contributed by atoms with E-state index >= 15 is 0 Å². The lowest BCUT2D eigenvalue weighted by Crippen LogP contribution is -2.38. The summed E-state index contributed by atoms with van der Waals surface area (Å²) in [7, 11) is 0. The van der Waals surface area contributed by atoms with Gasteiger partial charge in [-0.1, -0.05) is 36.1 Å². The average molecular weight is 312 g/mol. The number of anilines is 1.